The van der Waals surface area contributed by atoms with Crippen LogP contribution in [0.1, 0.15) is 53.5 Å². The highest BCUT2D eigenvalue weighted by molar-refractivity contribution is 7.89. The van der Waals surface area contributed by atoms with E-state index in [-0.39, 0.29) is 36.4 Å². The lowest BCUT2D eigenvalue weighted by atomic mass is 9.87. The second-order valence-electron chi connectivity index (χ2n) is 9.62. The highest BCUT2D eigenvalue weighted by atomic mass is 32.2. The fourth-order valence-corrected chi connectivity index (χ4v) is 6.43. The van der Waals surface area contributed by atoms with Crippen LogP contribution in [0.15, 0.2) is 71.6 Å². The average Bonchev–Trinajstić information content (AvgIpc) is 2.92. The van der Waals surface area contributed by atoms with Gasteiger partial charge < -0.3 is 9.84 Å². The summed E-state index contributed by atoms with van der Waals surface area (Å²) < 4.78 is 34.4. The van der Waals surface area contributed by atoms with E-state index in [1.807, 2.05) is 44.2 Å². The fraction of sp³-hybridized carbons (Fsp3) is 0.345. The predicted octanol–water partition coefficient (Wildman–Crippen LogP) is 5.47. The Labute approximate surface area is 213 Å². The van der Waals surface area contributed by atoms with Crippen molar-refractivity contribution in [3.63, 3.8) is 0 Å². The number of nitrogens with zero attached hydrogens (tertiary/aromatic N) is 1. The molecule has 36 heavy (non-hydrogen) atoms. The van der Waals surface area contributed by atoms with Crippen molar-refractivity contribution < 1.29 is 23.1 Å². The van der Waals surface area contributed by atoms with Gasteiger partial charge in [-0.1, -0.05) is 54.6 Å². The Hall–Kier alpha value is -3.16. The van der Waals surface area contributed by atoms with Crippen LogP contribution in [0.2, 0.25) is 0 Å². The molecule has 0 amide bonds. The summed E-state index contributed by atoms with van der Waals surface area (Å²) in [5.74, 6) is -0.648. The van der Waals surface area contributed by atoms with Gasteiger partial charge >= 0.3 is 5.97 Å². The monoisotopic (exact) mass is 507 g/mol. The van der Waals surface area contributed by atoms with E-state index in [9.17, 15) is 18.3 Å². The molecule has 1 heterocycles. The van der Waals surface area contributed by atoms with Crippen LogP contribution in [0.3, 0.4) is 0 Å². The van der Waals surface area contributed by atoms with E-state index < -0.39 is 16.0 Å². The fourth-order valence-electron chi connectivity index (χ4n) is 4.81. The summed E-state index contributed by atoms with van der Waals surface area (Å²) >= 11 is 0. The van der Waals surface area contributed by atoms with E-state index in [2.05, 4.69) is 19.1 Å². The highest BCUT2D eigenvalue weighted by Crippen LogP contribution is 2.33. The van der Waals surface area contributed by atoms with Gasteiger partial charge in [0.2, 0.25) is 10.0 Å². The Kier molecular flexibility index (Phi) is 7.81. The number of ether oxygens (including phenoxy) is 1. The van der Waals surface area contributed by atoms with Gasteiger partial charge in [0.1, 0.15) is 16.7 Å². The summed E-state index contributed by atoms with van der Waals surface area (Å²) in [5.41, 5.74) is 5.16. The van der Waals surface area contributed by atoms with Gasteiger partial charge in [-0.3, -0.25) is 4.79 Å². The Bertz CT molecular complexity index is 1350. The van der Waals surface area contributed by atoms with Crippen molar-refractivity contribution in [2.24, 2.45) is 0 Å². The molecule has 1 aliphatic rings. The lowest BCUT2D eigenvalue weighted by Gasteiger charge is -2.24. The maximum atomic E-state index is 13.5. The summed E-state index contributed by atoms with van der Waals surface area (Å²) in [5, 5.41) is 9.60. The third kappa shape index (κ3) is 5.79. The normalized spacial score (nSPS) is 18.0. The SMILES string of the molecule is Cc1ccccc1CCC(CC(=O)O)c1ccc(C)c(CN2C[C@@H](C)Oc3ccccc3S2(=O)=O)c1. The van der Waals surface area contributed by atoms with Crippen molar-refractivity contribution >= 4 is 16.0 Å². The topological polar surface area (TPSA) is 83.9 Å². The van der Waals surface area contributed by atoms with Gasteiger partial charge in [0.15, 0.2) is 0 Å². The number of carboxylic acids is 1. The number of para-hydroxylation sites is 1. The second kappa shape index (κ2) is 10.8. The number of aryl methyl sites for hydroxylation is 3. The first-order valence-corrected chi connectivity index (χ1v) is 13.7. The van der Waals surface area contributed by atoms with E-state index in [0.717, 1.165) is 23.1 Å². The van der Waals surface area contributed by atoms with Gasteiger partial charge in [-0.2, -0.15) is 4.31 Å². The molecule has 2 atom stereocenters. The minimum atomic E-state index is -3.76. The molecule has 0 aromatic heterocycles. The molecule has 1 N–H and O–H groups in total. The largest absolute Gasteiger partial charge is 0.488 e. The van der Waals surface area contributed by atoms with Crippen molar-refractivity contribution in [3.8, 4) is 5.75 Å². The zero-order chi connectivity index (χ0) is 25.9. The third-order valence-electron chi connectivity index (χ3n) is 6.89. The van der Waals surface area contributed by atoms with Gasteiger partial charge in [0.05, 0.1) is 13.0 Å². The quantitative estimate of drug-likeness (QED) is 0.437. The molecule has 3 aromatic carbocycles. The lowest BCUT2D eigenvalue weighted by molar-refractivity contribution is -0.137. The number of sulfonamides is 1. The van der Waals surface area contributed by atoms with Gasteiger partial charge in [-0.25, -0.2) is 8.42 Å². The molecule has 0 aliphatic carbocycles. The maximum Gasteiger partial charge on any atom is 0.303 e. The van der Waals surface area contributed by atoms with Crippen molar-refractivity contribution in [1.29, 1.82) is 0 Å². The summed E-state index contributed by atoms with van der Waals surface area (Å²) in [7, 11) is -3.76. The Morgan fingerprint density at radius 2 is 1.72 bits per heavy atom. The lowest BCUT2D eigenvalue weighted by Crippen LogP contribution is -2.35. The molecular formula is C29H33NO5S. The average molecular weight is 508 g/mol. The summed E-state index contributed by atoms with van der Waals surface area (Å²) in [4.78, 5) is 11.9. The number of hydrogen-bond donors (Lipinski definition) is 1. The molecule has 3 aromatic rings. The first kappa shape index (κ1) is 25.9. The van der Waals surface area contributed by atoms with Gasteiger partial charge in [0, 0.05) is 6.54 Å². The molecule has 4 rings (SSSR count). The first-order valence-electron chi connectivity index (χ1n) is 12.3. The van der Waals surface area contributed by atoms with Gasteiger partial charge in [-0.15, -0.1) is 0 Å². The molecule has 0 radical (unpaired) electrons. The zero-order valence-corrected chi connectivity index (χ0v) is 21.8. The van der Waals surface area contributed by atoms with Crippen molar-refractivity contribution in [3.05, 3.63) is 94.5 Å². The van der Waals surface area contributed by atoms with Crippen LogP contribution in [0, 0.1) is 13.8 Å². The first-order chi connectivity index (χ1) is 17.1. The summed E-state index contributed by atoms with van der Waals surface area (Å²) in [6.45, 7) is 6.31. The van der Waals surface area contributed by atoms with Crippen LogP contribution in [0.4, 0.5) is 0 Å². The number of carboxylic acid groups (broad SMARTS) is 1. The van der Waals surface area contributed by atoms with Crippen molar-refractivity contribution in [2.75, 3.05) is 6.54 Å². The molecule has 0 bridgehead atoms. The smallest absolute Gasteiger partial charge is 0.303 e. The number of hydrogen-bond acceptors (Lipinski definition) is 4. The number of aliphatic carboxylic acids is 1. The third-order valence-corrected chi connectivity index (χ3v) is 8.74. The Morgan fingerprint density at radius 1 is 1.03 bits per heavy atom. The molecule has 7 heteroatoms. The maximum absolute atomic E-state index is 13.5. The summed E-state index contributed by atoms with van der Waals surface area (Å²) in [6, 6.07) is 20.8. The molecule has 190 valence electrons. The molecule has 0 fully saturated rings. The van der Waals surface area contributed by atoms with E-state index in [1.54, 1.807) is 24.3 Å². The second-order valence-corrected chi connectivity index (χ2v) is 11.5. The van der Waals surface area contributed by atoms with Crippen LogP contribution in [0.5, 0.6) is 5.75 Å². The predicted molar refractivity (Wildman–Crippen MR) is 140 cm³/mol. The van der Waals surface area contributed by atoms with Crippen LogP contribution in [0.25, 0.3) is 0 Å². The molecule has 0 saturated carbocycles. The minimum absolute atomic E-state index is 0.0225. The summed E-state index contributed by atoms with van der Waals surface area (Å²) in [6.07, 6.45) is 1.19. The standard InChI is InChI=1S/C29H33NO5S/c1-20-8-4-5-9-23(20)14-15-25(17-29(31)32)24-13-12-21(2)26(16-24)19-30-18-22(3)35-27-10-6-7-11-28(27)36(30,33)34/h4-13,16,22,25H,14-15,17-19H2,1-3H3,(H,31,32)/t22-,25?/m1/s1. The van der Waals surface area contributed by atoms with E-state index >= 15 is 0 Å². The molecular weight excluding hydrogens is 474 g/mol. The molecule has 6 nitrogen and oxygen atoms in total. The van der Waals surface area contributed by atoms with Crippen molar-refractivity contribution in [2.45, 2.75) is 63.5 Å². The number of carbonyl (C=O) groups is 1. The molecule has 1 aliphatic heterocycles. The van der Waals surface area contributed by atoms with Crippen LogP contribution >= 0.6 is 0 Å². The van der Waals surface area contributed by atoms with Gasteiger partial charge in [-0.05, 0) is 79.5 Å². The molecule has 0 saturated heterocycles. The zero-order valence-electron chi connectivity index (χ0n) is 21.0. The van der Waals surface area contributed by atoms with Crippen LogP contribution in [-0.2, 0) is 27.8 Å². The van der Waals surface area contributed by atoms with Crippen molar-refractivity contribution in [1.82, 2.24) is 4.31 Å². The Balaban J connectivity index is 1.62. The van der Waals surface area contributed by atoms with Crippen LogP contribution in [-0.4, -0.2) is 36.4 Å². The molecule has 0 spiro atoms. The number of rotatable bonds is 8. The number of fused-ring (bicyclic) bond motifs is 1. The van der Waals surface area contributed by atoms with E-state index in [0.29, 0.717) is 12.2 Å². The highest BCUT2D eigenvalue weighted by Gasteiger charge is 2.33. The Morgan fingerprint density at radius 3 is 2.47 bits per heavy atom. The van der Waals surface area contributed by atoms with Gasteiger partial charge in [0.25, 0.3) is 0 Å². The van der Waals surface area contributed by atoms with E-state index in [4.69, 9.17) is 4.74 Å². The van der Waals surface area contributed by atoms with E-state index in [1.165, 1.54) is 15.4 Å². The number of benzene rings is 3. The minimum Gasteiger partial charge on any atom is -0.488 e. The van der Waals surface area contributed by atoms with Crippen LogP contribution < -0.4 is 4.74 Å². The molecule has 1 unspecified atom stereocenters.